The maximum atomic E-state index is 9.72. The molecule has 1 saturated carbocycles. The second-order valence-electron chi connectivity index (χ2n) is 6.64. The van der Waals surface area contributed by atoms with Crippen LogP contribution in [0, 0.1) is 5.92 Å². The van der Waals surface area contributed by atoms with Crippen LogP contribution in [0.3, 0.4) is 0 Å². The molecule has 112 valence electrons. The van der Waals surface area contributed by atoms with Crippen molar-refractivity contribution in [3.63, 3.8) is 0 Å². The summed E-state index contributed by atoms with van der Waals surface area (Å²) in [6.07, 6.45) is 4.30. The van der Waals surface area contributed by atoms with E-state index in [2.05, 4.69) is 50.4 Å². The Morgan fingerprint density at radius 2 is 1.75 bits per heavy atom. The minimum atomic E-state index is -0.0730. The van der Waals surface area contributed by atoms with Crippen LogP contribution in [0.15, 0.2) is 24.3 Å². The molecule has 0 aliphatic heterocycles. The molecule has 3 atom stereocenters. The molecule has 1 aromatic carbocycles. The highest BCUT2D eigenvalue weighted by Gasteiger charge is 2.20. The molecule has 2 rings (SSSR count). The fourth-order valence-electron chi connectivity index (χ4n) is 3.08. The van der Waals surface area contributed by atoms with Gasteiger partial charge in [0, 0.05) is 6.04 Å². The molecule has 0 aromatic heterocycles. The summed E-state index contributed by atoms with van der Waals surface area (Å²) in [6, 6.07) is 9.34. The van der Waals surface area contributed by atoms with Crippen molar-refractivity contribution in [3.05, 3.63) is 35.4 Å². The van der Waals surface area contributed by atoms with E-state index >= 15 is 0 Å². The summed E-state index contributed by atoms with van der Waals surface area (Å²) >= 11 is 0. The average molecular weight is 275 g/mol. The van der Waals surface area contributed by atoms with Crippen LogP contribution in [0.1, 0.15) is 69.5 Å². The Morgan fingerprint density at radius 3 is 2.35 bits per heavy atom. The standard InChI is InChI=1S/C18H29NO/c1-13(2)16-7-9-17(10-8-16)14(3)19-12-15-5-4-6-18(20)11-15/h7-10,13-15,18-20H,4-6,11-12H2,1-3H3. The van der Waals surface area contributed by atoms with Crippen molar-refractivity contribution in [3.8, 4) is 0 Å². The fraction of sp³-hybridized carbons (Fsp3) is 0.667. The largest absolute Gasteiger partial charge is 0.393 e. The third-order valence-corrected chi connectivity index (χ3v) is 4.57. The SMILES string of the molecule is CC(C)c1ccc(C(C)NCC2CCCC(O)C2)cc1. The third-order valence-electron chi connectivity index (χ3n) is 4.57. The van der Waals surface area contributed by atoms with Crippen molar-refractivity contribution in [2.75, 3.05) is 6.54 Å². The maximum absolute atomic E-state index is 9.72. The van der Waals surface area contributed by atoms with E-state index in [4.69, 9.17) is 0 Å². The number of aliphatic hydroxyl groups excluding tert-OH is 1. The van der Waals surface area contributed by atoms with Gasteiger partial charge in [0.2, 0.25) is 0 Å². The van der Waals surface area contributed by atoms with Crippen LogP contribution in [0.25, 0.3) is 0 Å². The molecule has 0 amide bonds. The molecule has 3 unspecified atom stereocenters. The van der Waals surface area contributed by atoms with Gasteiger partial charge in [0.25, 0.3) is 0 Å². The van der Waals surface area contributed by atoms with Crippen LogP contribution in [0.4, 0.5) is 0 Å². The van der Waals surface area contributed by atoms with Crippen LogP contribution in [-0.2, 0) is 0 Å². The van der Waals surface area contributed by atoms with Crippen LogP contribution in [0.5, 0.6) is 0 Å². The highest BCUT2D eigenvalue weighted by molar-refractivity contribution is 5.26. The predicted octanol–water partition coefficient (Wildman–Crippen LogP) is 4.01. The molecule has 2 N–H and O–H groups in total. The zero-order valence-electron chi connectivity index (χ0n) is 13.1. The first-order chi connectivity index (χ1) is 9.56. The number of rotatable bonds is 5. The molecule has 20 heavy (non-hydrogen) atoms. The first-order valence-corrected chi connectivity index (χ1v) is 8.07. The molecule has 0 spiro atoms. The Morgan fingerprint density at radius 1 is 1.10 bits per heavy atom. The Kier molecular flexibility index (Phi) is 5.62. The van der Waals surface area contributed by atoms with Gasteiger partial charge in [-0.25, -0.2) is 0 Å². The summed E-state index contributed by atoms with van der Waals surface area (Å²) in [5.41, 5.74) is 2.75. The average Bonchev–Trinajstić information content (AvgIpc) is 2.45. The Balaban J connectivity index is 1.83. The van der Waals surface area contributed by atoms with Crippen LogP contribution < -0.4 is 5.32 Å². The van der Waals surface area contributed by atoms with E-state index in [0.717, 1.165) is 19.4 Å². The zero-order valence-corrected chi connectivity index (χ0v) is 13.1. The molecule has 1 aliphatic carbocycles. The normalized spacial score (nSPS) is 24.9. The van der Waals surface area contributed by atoms with Crippen LogP contribution >= 0.6 is 0 Å². The summed E-state index contributed by atoms with van der Waals surface area (Å²) in [4.78, 5) is 0. The molecular formula is C18H29NO. The van der Waals surface area contributed by atoms with E-state index in [-0.39, 0.29) is 6.10 Å². The second-order valence-corrected chi connectivity index (χ2v) is 6.64. The van der Waals surface area contributed by atoms with Crippen molar-refractivity contribution in [2.24, 2.45) is 5.92 Å². The molecule has 2 nitrogen and oxygen atoms in total. The molecule has 0 radical (unpaired) electrons. The van der Waals surface area contributed by atoms with Crippen molar-refractivity contribution >= 4 is 0 Å². The van der Waals surface area contributed by atoms with E-state index < -0.39 is 0 Å². The van der Waals surface area contributed by atoms with E-state index in [9.17, 15) is 5.11 Å². The molecule has 1 aromatic rings. The summed E-state index contributed by atoms with van der Waals surface area (Å²) in [7, 11) is 0. The van der Waals surface area contributed by atoms with E-state index in [1.807, 2.05) is 0 Å². The van der Waals surface area contributed by atoms with Crippen molar-refractivity contribution < 1.29 is 5.11 Å². The zero-order chi connectivity index (χ0) is 14.5. The highest BCUT2D eigenvalue weighted by Crippen LogP contribution is 2.24. The smallest absolute Gasteiger partial charge is 0.0543 e. The van der Waals surface area contributed by atoms with Gasteiger partial charge in [-0.05, 0) is 55.7 Å². The Bertz CT molecular complexity index is 398. The number of nitrogens with one attached hydrogen (secondary N) is 1. The van der Waals surface area contributed by atoms with Gasteiger partial charge in [0.15, 0.2) is 0 Å². The molecule has 0 bridgehead atoms. The summed E-state index contributed by atoms with van der Waals surface area (Å²) in [6.45, 7) is 7.70. The first-order valence-electron chi connectivity index (χ1n) is 8.07. The topological polar surface area (TPSA) is 32.3 Å². The lowest BCUT2D eigenvalue weighted by molar-refractivity contribution is 0.0998. The monoisotopic (exact) mass is 275 g/mol. The lowest BCUT2D eigenvalue weighted by atomic mass is 9.87. The summed E-state index contributed by atoms with van der Waals surface area (Å²) in [5, 5.41) is 13.3. The number of hydrogen-bond donors (Lipinski definition) is 2. The Hall–Kier alpha value is -0.860. The van der Waals surface area contributed by atoms with Crippen molar-refractivity contribution in [1.29, 1.82) is 0 Å². The molecule has 1 fully saturated rings. The molecule has 0 saturated heterocycles. The summed E-state index contributed by atoms with van der Waals surface area (Å²) in [5.74, 6) is 1.23. The van der Waals surface area contributed by atoms with Gasteiger partial charge in [0.1, 0.15) is 0 Å². The van der Waals surface area contributed by atoms with Crippen molar-refractivity contribution in [1.82, 2.24) is 5.32 Å². The van der Waals surface area contributed by atoms with E-state index in [1.165, 1.54) is 24.0 Å². The number of aliphatic hydroxyl groups is 1. The molecule has 2 heteroatoms. The van der Waals surface area contributed by atoms with Crippen LogP contribution in [0.2, 0.25) is 0 Å². The minimum Gasteiger partial charge on any atom is -0.393 e. The van der Waals surface area contributed by atoms with E-state index in [1.54, 1.807) is 0 Å². The molecular weight excluding hydrogens is 246 g/mol. The minimum absolute atomic E-state index is 0.0730. The summed E-state index contributed by atoms with van der Waals surface area (Å²) < 4.78 is 0. The number of hydrogen-bond acceptors (Lipinski definition) is 2. The van der Waals surface area contributed by atoms with Gasteiger partial charge in [0.05, 0.1) is 6.10 Å². The van der Waals surface area contributed by atoms with Gasteiger partial charge in [-0.3, -0.25) is 0 Å². The van der Waals surface area contributed by atoms with Gasteiger partial charge in [-0.15, -0.1) is 0 Å². The molecule has 0 heterocycles. The van der Waals surface area contributed by atoms with Gasteiger partial charge in [-0.2, -0.15) is 0 Å². The van der Waals surface area contributed by atoms with Crippen LogP contribution in [-0.4, -0.2) is 17.8 Å². The van der Waals surface area contributed by atoms with Gasteiger partial charge in [-0.1, -0.05) is 44.5 Å². The highest BCUT2D eigenvalue weighted by atomic mass is 16.3. The maximum Gasteiger partial charge on any atom is 0.0543 e. The first kappa shape index (κ1) is 15.5. The van der Waals surface area contributed by atoms with Gasteiger partial charge >= 0.3 is 0 Å². The number of benzene rings is 1. The quantitative estimate of drug-likeness (QED) is 0.851. The van der Waals surface area contributed by atoms with E-state index in [0.29, 0.717) is 17.9 Å². The fourth-order valence-corrected chi connectivity index (χ4v) is 3.08. The lowest BCUT2D eigenvalue weighted by Crippen LogP contribution is -2.30. The lowest BCUT2D eigenvalue weighted by Gasteiger charge is -2.27. The third kappa shape index (κ3) is 4.32. The molecule has 1 aliphatic rings. The Labute approximate surface area is 123 Å². The predicted molar refractivity (Wildman–Crippen MR) is 84.9 cm³/mol. The van der Waals surface area contributed by atoms with Crippen molar-refractivity contribution in [2.45, 2.75) is 64.5 Å². The second kappa shape index (κ2) is 7.24. The van der Waals surface area contributed by atoms with Gasteiger partial charge < -0.3 is 10.4 Å².